The van der Waals surface area contributed by atoms with Gasteiger partial charge in [-0.3, -0.25) is 9.59 Å². The predicted octanol–water partition coefficient (Wildman–Crippen LogP) is 3.42. The van der Waals surface area contributed by atoms with Crippen molar-refractivity contribution in [3.05, 3.63) is 69.8 Å². The largest absolute Gasteiger partial charge is 0.337 e. The summed E-state index contributed by atoms with van der Waals surface area (Å²) in [6.07, 6.45) is 0.981. The SMILES string of the molecule is Cc1cc(F)cc2c(=O)[nH]c(-c3ccc(C(=O)N(C)C4CCN(C)C4)cc3)cc12. The van der Waals surface area contributed by atoms with Crippen LogP contribution in [0.1, 0.15) is 22.3 Å². The first-order chi connectivity index (χ1) is 13.8. The molecule has 4 rings (SSSR count). The fourth-order valence-corrected chi connectivity index (χ4v) is 4.05. The van der Waals surface area contributed by atoms with Gasteiger partial charge in [0.25, 0.3) is 11.5 Å². The van der Waals surface area contributed by atoms with Crippen LogP contribution in [-0.4, -0.2) is 53.9 Å². The molecule has 1 atom stereocenters. The van der Waals surface area contributed by atoms with E-state index < -0.39 is 5.82 Å². The van der Waals surface area contributed by atoms with Crippen molar-refractivity contribution in [2.45, 2.75) is 19.4 Å². The van der Waals surface area contributed by atoms with Crippen LogP contribution in [0.2, 0.25) is 0 Å². The van der Waals surface area contributed by atoms with Gasteiger partial charge in [0.1, 0.15) is 5.82 Å². The van der Waals surface area contributed by atoms with E-state index in [1.807, 2.05) is 30.1 Å². The number of H-pyrrole nitrogens is 1. The molecule has 2 aromatic carbocycles. The number of aromatic amines is 1. The van der Waals surface area contributed by atoms with Gasteiger partial charge in [-0.1, -0.05) is 12.1 Å². The van der Waals surface area contributed by atoms with E-state index in [4.69, 9.17) is 0 Å². The van der Waals surface area contributed by atoms with Gasteiger partial charge in [0.05, 0.1) is 5.39 Å². The number of halogens is 1. The van der Waals surface area contributed by atoms with Crippen molar-refractivity contribution < 1.29 is 9.18 Å². The summed E-state index contributed by atoms with van der Waals surface area (Å²) in [4.78, 5) is 32.1. The van der Waals surface area contributed by atoms with Crippen LogP contribution < -0.4 is 5.56 Å². The maximum Gasteiger partial charge on any atom is 0.256 e. The molecular formula is C23H24FN3O2. The Hall–Kier alpha value is -2.99. The van der Waals surface area contributed by atoms with E-state index in [0.717, 1.165) is 30.5 Å². The molecule has 1 aliphatic rings. The minimum absolute atomic E-state index is 0.00447. The normalized spacial score (nSPS) is 17.0. The molecule has 29 heavy (non-hydrogen) atoms. The van der Waals surface area contributed by atoms with Crippen molar-refractivity contribution in [3.63, 3.8) is 0 Å². The molecule has 0 spiro atoms. The number of nitrogens with zero attached hydrogens (tertiary/aromatic N) is 2. The Kier molecular flexibility index (Phi) is 4.96. The van der Waals surface area contributed by atoms with Crippen molar-refractivity contribution in [2.24, 2.45) is 0 Å². The topological polar surface area (TPSA) is 56.4 Å². The summed E-state index contributed by atoms with van der Waals surface area (Å²) >= 11 is 0. The Bertz CT molecular complexity index is 1140. The van der Waals surface area contributed by atoms with Crippen LogP contribution in [0, 0.1) is 12.7 Å². The van der Waals surface area contributed by atoms with E-state index in [1.54, 1.807) is 19.1 Å². The number of benzene rings is 2. The summed E-state index contributed by atoms with van der Waals surface area (Å²) in [5.74, 6) is -0.427. The first-order valence-electron chi connectivity index (χ1n) is 9.73. The van der Waals surface area contributed by atoms with Gasteiger partial charge in [-0.2, -0.15) is 0 Å². The predicted molar refractivity (Wildman–Crippen MR) is 113 cm³/mol. The lowest BCUT2D eigenvalue weighted by molar-refractivity contribution is 0.0737. The van der Waals surface area contributed by atoms with Crippen molar-refractivity contribution in [2.75, 3.05) is 27.2 Å². The average molecular weight is 393 g/mol. The van der Waals surface area contributed by atoms with Crippen molar-refractivity contribution in [3.8, 4) is 11.3 Å². The number of fused-ring (bicyclic) bond motifs is 1. The number of likely N-dealkylation sites (tertiary alicyclic amines) is 1. The molecule has 0 saturated carbocycles. The Balaban J connectivity index is 1.63. The van der Waals surface area contributed by atoms with E-state index in [0.29, 0.717) is 22.2 Å². The molecule has 5 nitrogen and oxygen atoms in total. The third kappa shape index (κ3) is 3.68. The standard InChI is InChI=1S/C23H24FN3O2/c1-14-10-17(24)11-20-19(14)12-21(25-22(20)28)15-4-6-16(7-5-15)23(29)27(3)18-8-9-26(2)13-18/h4-7,10-12,18H,8-9,13H2,1-3H3,(H,25,28). The van der Waals surface area contributed by atoms with Gasteiger partial charge in [0.2, 0.25) is 0 Å². The number of pyridine rings is 1. The molecule has 0 bridgehead atoms. The van der Waals surface area contributed by atoms with Gasteiger partial charge in [-0.25, -0.2) is 4.39 Å². The third-order valence-corrected chi connectivity index (χ3v) is 5.81. The van der Waals surface area contributed by atoms with E-state index in [2.05, 4.69) is 16.9 Å². The fraction of sp³-hybridized carbons (Fsp3) is 0.304. The number of hydrogen-bond acceptors (Lipinski definition) is 3. The van der Waals surface area contributed by atoms with E-state index >= 15 is 0 Å². The van der Waals surface area contributed by atoms with E-state index in [9.17, 15) is 14.0 Å². The zero-order chi connectivity index (χ0) is 20.7. The van der Waals surface area contributed by atoms with Crippen LogP contribution in [0.3, 0.4) is 0 Å². The number of aryl methyl sites for hydroxylation is 1. The summed E-state index contributed by atoms with van der Waals surface area (Å²) < 4.78 is 13.6. The Labute approximate surface area is 168 Å². The zero-order valence-corrected chi connectivity index (χ0v) is 16.8. The molecule has 0 aliphatic carbocycles. The Morgan fingerprint density at radius 3 is 2.55 bits per heavy atom. The van der Waals surface area contributed by atoms with Crippen molar-refractivity contribution >= 4 is 16.7 Å². The second-order valence-corrected chi connectivity index (χ2v) is 7.89. The van der Waals surface area contributed by atoms with Crippen LogP contribution in [0.15, 0.2) is 47.3 Å². The number of rotatable bonds is 3. The smallest absolute Gasteiger partial charge is 0.256 e. The highest BCUT2D eigenvalue weighted by molar-refractivity contribution is 5.95. The molecule has 1 amide bonds. The summed E-state index contributed by atoms with van der Waals surface area (Å²) in [7, 11) is 3.91. The van der Waals surface area contributed by atoms with Gasteiger partial charge in [0.15, 0.2) is 0 Å². The van der Waals surface area contributed by atoms with E-state index in [1.165, 1.54) is 12.1 Å². The first-order valence-corrected chi connectivity index (χ1v) is 9.73. The molecule has 1 unspecified atom stereocenters. The molecule has 1 aliphatic heterocycles. The molecule has 150 valence electrons. The highest BCUT2D eigenvalue weighted by atomic mass is 19.1. The molecule has 6 heteroatoms. The summed E-state index contributed by atoms with van der Waals surface area (Å²) in [6, 6.07) is 12.0. The van der Waals surface area contributed by atoms with Crippen LogP contribution in [0.25, 0.3) is 22.0 Å². The Morgan fingerprint density at radius 1 is 1.17 bits per heavy atom. The number of aromatic nitrogens is 1. The van der Waals surface area contributed by atoms with Crippen LogP contribution >= 0.6 is 0 Å². The molecular weight excluding hydrogens is 369 g/mol. The summed E-state index contributed by atoms with van der Waals surface area (Å²) in [5, 5.41) is 1.05. The van der Waals surface area contributed by atoms with Crippen LogP contribution in [0.4, 0.5) is 4.39 Å². The highest BCUT2D eigenvalue weighted by Crippen LogP contribution is 2.24. The quantitative estimate of drug-likeness (QED) is 0.742. The molecule has 2 heterocycles. The zero-order valence-electron chi connectivity index (χ0n) is 16.8. The van der Waals surface area contributed by atoms with Crippen molar-refractivity contribution in [1.29, 1.82) is 0 Å². The van der Waals surface area contributed by atoms with E-state index in [-0.39, 0.29) is 17.5 Å². The molecule has 3 aromatic rings. The monoisotopic (exact) mass is 393 g/mol. The van der Waals surface area contributed by atoms with Gasteiger partial charge in [0, 0.05) is 30.9 Å². The second-order valence-electron chi connectivity index (χ2n) is 7.89. The van der Waals surface area contributed by atoms with Crippen LogP contribution in [-0.2, 0) is 0 Å². The maximum atomic E-state index is 13.6. The van der Waals surface area contributed by atoms with Gasteiger partial charge in [-0.15, -0.1) is 0 Å². The van der Waals surface area contributed by atoms with Gasteiger partial charge in [-0.05, 0) is 73.8 Å². The highest BCUT2D eigenvalue weighted by Gasteiger charge is 2.26. The van der Waals surface area contributed by atoms with Crippen molar-refractivity contribution in [1.82, 2.24) is 14.8 Å². The number of likely N-dealkylation sites (N-methyl/N-ethyl adjacent to an activating group) is 2. The minimum Gasteiger partial charge on any atom is -0.337 e. The summed E-state index contributed by atoms with van der Waals surface area (Å²) in [5.41, 5.74) is 2.44. The van der Waals surface area contributed by atoms with Gasteiger partial charge < -0.3 is 14.8 Å². The number of carbonyl (C=O) groups is 1. The molecule has 0 radical (unpaired) electrons. The number of amides is 1. The minimum atomic E-state index is -0.423. The molecule has 1 aromatic heterocycles. The summed E-state index contributed by atoms with van der Waals surface area (Å²) in [6.45, 7) is 3.67. The van der Waals surface area contributed by atoms with Crippen LogP contribution in [0.5, 0.6) is 0 Å². The maximum absolute atomic E-state index is 13.6. The molecule has 1 N–H and O–H groups in total. The molecule has 1 saturated heterocycles. The lowest BCUT2D eigenvalue weighted by Crippen LogP contribution is -2.38. The molecule has 1 fully saturated rings. The number of carbonyl (C=O) groups excluding carboxylic acids is 1. The second kappa shape index (κ2) is 7.44. The lowest BCUT2D eigenvalue weighted by atomic mass is 10.0. The Morgan fingerprint density at radius 2 is 1.90 bits per heavy atom. The third-order valence-electron chi connectivity index (χ3n) is 5.81. The number of hydrogen-bond donors (Lipinski definition) is 1. The van der Waals surface area contributed by atoms with Gasteiger partial charge >= 0.3 is 0 Å². The number of nitrogens with one attached hydrogen (secondary N) is 1. The fourth-order valence-electron chi connectivity index (χ4n) is 4.05. The first kappa shape index (κ1) is 19.3. The lowest BCUT2D eigenvalue weighted by Gasteiger charge is -2.24. The average Bonchev–Trinajstić information content (AvgIpc) is 3.14.